The van der Waals surface area contributed by atoms with E-state index in [0.717, 1.165) is 36.4 Å². The summed E-state index contributed by atoms with van der Waals surface area (Å²) in [4.78, 5) is 11.6. The highest BCUT2D eigenvalue weighted by atomic mass is 15.1. The third kappa shape index (κ3) is 3.13. The van der Waals surface area contributed by atoms with Gasteiger partial charge in [-0.2, -0.15) is 0 Å². The number of hydrogen-bond acceptors (Lipinski definition) is 3. The minimum absolute atomic E-state index is 0.910. The Morgan fingerprint density at radius 1 is 0.960 bits per heavy atom. The van der Waals surface area contributed by atoms with Crippen LogP contribution < -0.4 is 0 Å². The normalized spacial score (nSPS) is 11.6. The summed E-state index contributed by atoms with van der Waals surface area (Å²) in [7, 11) is 4.26. The van der Waals surface area contributed by atoms with Crippen LogP contribution in [0.1, 0.15) is 11.4 Å². The zero-order valence-corrected chi connectivity index (χ0v) is 14.7. The van der Waals surface area contributed by atoms with Crippen LogP contribution in [0.2, 0.25) is 0 Å². The maximum Gasteiger partial charge on any atom is 0.110 e. The monoisotopic (exact) mass is 330 g/mol. The van der Waals surface area contributed by atoms with Crippen molar-refractivity contribution in [3.63, 3.8) is 0 Å². The molecule has 4 nitrogen and oxygen atoms in total. The molecule has 0 saturated carbocycles. The summed E-state index contributed by atoms with van der Waals surface area (Å²) in [5.74, 6) is 1.13. The van der Waals surface area contributed by atoms with Crippen LogP contribution in [0.25, 0.3) is 21.9 Å². The number of hydrogen-bond donors (Lipinski definition) is 0. The van der Waals surface area contributed by atoms with Crippen molar-refractivity contribution in [3.8, 4) is 0 Å². The van der Waals surface area contributed by atoms with E-state index in [1.165, 1.54) is 16.5 Å². The molecule has 0 fully saturated rings. The number of aryl methyl sites for hydroxylation is 1. The number of imidazole rings is 1. The average Bonchev–Trinajstić information content (AvgIpc) is 2.97. The number of nitrogens with zero attached hydrogens (tertiary/aromatic N) is 4. The molecule has 2 aromatic carbocycles. The van der Waals surface area contributed by atoms with Gasteiger partial charge in [0.25, 0.3) is 0 Å². The molecule has 2 aromatic heterocycles. The molecule has 0 N–H and O–H groups in total. The third-order valence-corrected chi connectivity index (χ3v) is 4.78. The van der Waals surface area contributed by atoms with Crippen molar-refractivity contribution < 1.29 is 0 Å². The lowest BCUT2D eigenvalue weighted by Crippen LogP contribution is -2.22. The molecule has 0 aliphatic rings. The zero-order chi connectivity index (χ0) is 17.2. The van der Waals surface area contributed by atoms with Crippen molar-refractivity contribution in [1.29, 1.82) is 0 Å². The highest BCUT2D eigenvalue weighted by molar-refractivity contribution is 5.81. The molecule has 0 aliphatic heterocycles. The lowest BCUT2D eigenvalue weighted by Gasteiger charge is -2.17. The summed E-state index contributed by atoms with van der Waals surface area (Å²) in [6.07, 6.45) is 2.83. The number of likely N-dealkylation sites (N-methyl/N-ethyl adjacent to an activating group) is 1. The highest BCUT2D eigenvalue weighted by Crippen LogP contribution is 2.18. The molecule has 0 atom stereocenters. The maximum absolute atomic E-state index is 4.77. The summed E-state index contributed by atoms with van der Waals surface area (Å²) in [6.45, 7) is 1.88. The second kappa shape index (κ2) is 6.65. The molecule has 0 saturated heterocycles. The molecule has 0 bridgehead atoms. The fourth-order valence-corrected chi connectivity index (χ4v) is 3.37. The summed E-state index contributed by atoms with van der Waals surface area (Å²) in [5, 5.41) is 1.24. The van der Waals surface area contributed by atoms with Gasteiger partial charge in [0.05, 0.1) is 16.6 Å². The van der Waals surface area contributed by atoms with Gasteiger partial charge in [-0.3, -0.25) is 4.98 Å². The molecule has 2 heterocycles. The van der Waals surface area contributed by atoms with Crippen molar-refractivity contribution in [2.24, 2.45) is 7.05 Å². The summed E-state index contributed by atoms with van der Waals surface area (Å²) in [5.41, 5.74) is 4.64. The van der Waals surface area contributed by atoms with Crippen LogP contribution in [-0.2, 0) is 20.0 Å². The Labute approximate surface area is 147 Å². The van der Waals surface area contributed by atoms with Gasteiger partial charge in [0.2, 0.25) is 0 Å². The molecule has 0 radical (unpaired) electrons. The predicted molar refractivity (Wildman–Crippen MR) is 102 cm³/mol. The van der Waals surface area contributed by atoms with E-state index in [1.807, 2.05) is 18.3 Å². The zero-order valence-electron chi connectivity index (χ0n) is 14.7. The number of fused-ring (bicyclic) bond motifs is 2. The van der Waals surface area contributed by atoms with Crippen molar-refractivity contribution in [2.75, 3.05) is 13.6 Å². The quantitative estimate of drug-likeness (QED) is 0.558. The summed E-state index contributed by atoms with van der Waals surface area (Å²) < 4.78 is 2.20. The Morgan fingerprint density at radius 3 is 2.56 bits per heavy atom. The first kappa shape index (κ1) is 15.8. The molecule has 0 unspecified atom stereocenters. The Hall–Kier alpha value is -2.72. The molecule has 4 rings (SSSR count). The molecule has 126 valence electrons. The van der Waals surface area contributed by atoms with Gasteiger partial charge in [-0.25, -0.2) is 4.98 Å². The summed E-state index contributed by atoms with van der Waals surface area (Å²) in [6, 6.07) is 18.8. The van der Waals surface area contributed by atoms with Crippen molar-refractivity contribution >= 4 is 21.9 Å². The van der Waals surface area contributed by atoms with Gasteiger partial charge in [0.15, 0.2) is 0 Å². The molecular formula is C21H22N4. The number of rotatable bonds is 5. The molecule has 4 heteroatoms. The van der Waals surface area contributed by atoms with Gasteiger partial charge >= 0.3 is 0 Å². The number of benzene rings is 2. The molecule has 0 spiro atoms. The van der Waals surface area contributed by atoms with Crippen LogP contribution >= 0.6 is 0 Å². The van der Waals surface area contributed by atoms with Gasteiger partial charge in [0.1, 0.15) is 5.82 Å². The molecule has 0 aliphatic carbocycles. The standard InChI is InChI=1S/C21H22N4/c1-24(15-16-11-13-22-18-8-4-3-7-17(16)18)14-12-21-23-19-9-5-6-10-20(19)25(21)2/h3-11,13H,12,14-15H2,1-2H3. The van der Waals surface area contributed by atoms with Crippen LogP contribution in [0.3, 0.4) is 0 Å². The average molecular weight is 330 g/mol. The third-order valence-electron chi connectivity index (χ3n) is 4.78. The number of pyridine rings is 1. The van der Waals surface area contributed by atoms with Gasteiger partial charge in [-0.1, -0.05) is 30.3 Å². The number of aromatic nitrogens is 3. The fraction of sp³-hybridized carbons (Fsp3) is 0.238. The molecule has 4 aromatic rings. The lowest BCUT2D eigenvalue weighted by molar-refractivity contribution is 0.329. The van der Waals surface area contributed by atoms with E-state index < -0.39 is 0 Å². The van der Waals surface area contributed by atoms with E-state index >= 15 is 0 Å². The first-order chi connectivity index (χ1) is 12.2. The molecular weight excluding hydrogens is 308 g/mol. The first-order valence-corrected chi connectivity index (χ1v) is 8.64. The number of para-hydroxylation sites is 3. The predicted octanol–water partition coefficient (Wildman–Crippen LogP) is 3.80. The van der Waals surface area contributed by atoms with Gasteiger partial charge in [-0.15, -0.1) is 0 Å². The van der Waals surface area contributed by atoms with Crippen LogP contribution in [0.15, 0.2) is 60.8 Å². The van der Waals surface area contributed by atoms with Gasteiger partial charge in [0, 0.05) is 38.1 Å². The smallest absolute Gasteiger partial charge is 0.110 e. The van der Waals surface area contributed by atoms with Gasteiger partial charge < -0.3 is 9.47 Å². The summed E-state index contributed by atoms with van der Waals surface area (Å²) >= 11 is 0. The first-order valence-electron chi connectivity index (χ1n) is 8.64. The highest BCUT2D eigenvalue weighted by Gasteiger charge is 2.09. The SMILES string of the molecule is CN(CCc1nc2ccccc2n1C)Cc1ccnc2ccccc12. The van der Waals surface area contributed by atoms with E-state index in [0.29, 0.717) is 0 Å². The van der Waals surface area contributed by atoms with Crippen molar-refractivity contribution in [3.05, 3.63) is 72.2 Å². The minimum atomic E-state index is 0.910. The molecule has 25 heavy (non-hydrogen) atoms. The van der Waals surface area contributed by atoms with E-state index in [9.17, 15) is 0 Å². The van der Waals surface area contributed by atoms with E-state index in [-0.39, 0.29) is 0 Å². The minimum Gasteiger partial charge on any atom is -0.331 e. The second-order valence-electron chi connectivity index (χ2n) is 6.55. The van der Waals surface area contributed by atoms with E-state index in [2.05, 4.69) is 71.0 Å². The van der Waals surface area contributed by atoms with Crippen LogP contribution in [0, 0.1) is 0 Å². The lowest BCUT2D eigenvalue weighted by atomic mass is 10.1. The largest absolute Gasteiger partial charge is 0.331 e. The fourth-order valence-electron chi connectivity index (χ4n) is 3.37. The maximum atomic E-state index is 4.77. The van der Waals surface area contributed by atoms with Crippen molar-refractivity contribution in [1.82, 2.24) is 19.4 Å². The van der Waals surface area contributed by atoms with Crippen LogP contribution in [0.4, 0.5) is 0 Å². The van der Waals surface area contributed by atoms with Crippen molar-refractivity contribution in [2.45, 2.75) is 13.0 Å². The Bertz CT molecular complexity index is 1010. The molecule has 0 amide bonds. The Morgan fingerprint density at radius 2 is 1.72 bits per heavy atom. The van der Waals surface area contributed by atoms with E-state index in [4.69, 9.17) is 4.98 Å². The van der Waals surface area contributed by atoms with E-state index in [1.54, 1.807) is 0 Å². The topological polar surface area (TPSA) is 34.0 Å². The Kier molecular flexibility index (Phi) is 4.20. The van der Waals surface area contributed by atoms with Crippen LogP contribution in [0.5, 0.6) is 0 Å². The second-order valence-corrected chi connectivity index (χ2v) is 6.55. The Balaban J connectivity index is 1.48. The van der Waals surface area contributed by atoms with Gasteiger partial charge in [-0.05, 0) is 36.9 Å². The van der Waals surface area contributed by atoms with Crippen LogP contribution in [-0.4, -0.2) is 33.0 Å².